The van der Waals surface area contributed by atoms with E-state index in [0.29, 0.717) is 5.75 Å². The second-order valence-corrected chi connectivity index (χ2v) is 6.03. The van der Waals surface area contributed by atoms with Gasteiger partial charge in [0.05, 0.1) is 12.0 Å². The molecule has 1 fully saturated rings. The molecule has 3 atom stereocenters. The number of aliphatic hydroxyl groups is 1. The lowest BCUT2D eigenvalue weighted by atomic mass is 9.81. The molecule has 0 unspecified atom stereocenters. The van der Waals surface area contributed by atoms with Crippen molar-refractivity contribution in [2.45, 2.75) is 45.8 Å². The van der Waals surface area contributed by atoms with Gasteiger partial charge >= 0.3 is 6.15 Å². The number of rotatable bonds is 4. The fourth-order valence-corrected chi connectivity index (χ4v) is 3.17. The second kappa shape index (κ2) is 8.19. The Morgan fingerprint density at radius 3 is 2.30 bits per heavy atom. The molecule has 20 heavy (non-hydrogen) atoms. The number of hydrogen-bond donors (Lipinski definition) is 2. The van der Waals surface area contributed by atoms with Gasteiger partial charge in [-0.05, 0) is 12.3 Å². The van der Waals surface area contributed by atoms with Gasteiger partial charge in [-0.3, -0.25) is 9.59 Å². The molecule has 1 aliphatic heterocycles. The molecule has 0 aliphatic carbocycles. The van der Waals surface area contributed by atoms with E-state index in [9.17, 15) is 14.7 Å². The highest BCUT2D eigenvalue weighted by molar-refractivity contribution is 8.13. The summed E-state index contributed by atoms with van der Waals surface area (Å²) in [5.41, 5.74) is -1.11. The standard InChI is InChI=1S/C12H21NO3S.CO2/c1-5-6-17-11(16)12(7(2)3)9(14)8(4)10(15)13-12;2-1-3/h7-9,14H,5-6H2,1-4H3,(H,13,15);/t8-,9+,12-;/m1./s1. The second-order valence-electron chi connectivity index (χ2n) is 4.97. The van der Waals surface area contributed by atoms with Gasteiger partial charge in [-0.25, -0.2) is 0 Å². The zero-order chi connectivity index (χ0) is 15.9. The van der Waals surface area contributed by atoms with E-state index in [4.69, 9.17) is 9.59 Å². The van der Waals surface area contributed by atoms with Crippen LogP contribution in [0, 0.1) is 11.8 Å². The molecule has 0 spiro atoms. The first-order valence-electron chi connectivity index (χ1n) is 6.46. The van der Waals surface area contributed by atoms with Crippen molar-refractivity contribution in [2.24, 2.45) is 11.8 Å². The summed E-state index contributed by atoms with van der Waals surface area (Å²) in [7, 11) is 0. The number of carbonyl (C=O) groups excluding carboxylic acids is 4. The molecular weight excluding hydrogens is 282 g/mol. The van der Waals surface area contributed by atoms with E-state index in [0.717, 1.165) is 6.42 Å². The molecule has 0 radical (unpaired) electrons. The Morgan fingerprint density at radius 2 is 2.00 bits per heavy atom. The van der Waals surface area contributed by atoms with Gasteiger partial charge in [0.15, 0.2) is 0 Å². The molecule has 7 heteroatoms. The zero-order valence-corrected chi connectivity index (χ0v) is 13.0. The molecular formula is C13H21NO5S. The molecule has 1 aliphatic rings. The van der Waals surface area contributed by atoms with Gasteiger partial charge in [0.2, 0.25) is 11.0 Å². The fourth-order valence-electron chi connectivity index (χ4n) is 2.14. The SMILES string of the molecule is CCCSC(=O)[C@]1(C(C)C)NC(=O)[C@H](C)[C@@H]1O.O=C=O. The third-order valence-corrected chi connectivity index (χ3v) is 4.58. The van der Waals surface area contributed by atoms with Gasteiger partial charge in [0.1, 0.15) is 5.54 Å². The van der Waals surface area contributed by atoms with E-state index < -0.39 is 17.6 Å². The first kappa shape index (κ1) is 18.8. The van der Waals surface area contributed by atoms with E-state index in [-0.39, 0.29) is 23.1 Å². The van der Waals surface area contributed by atoms with Gasteiger partial charge in [-0.15, -0.1) is 0 Å². The summed E-state index contributed by atoms with van der Waals surface area (Å²) < 4.78 is 0. The van der Waals surface area contributed by atoms with Crippen LogP contribution in [0.25, 0.3) is 0 Å². The fraction of sp³-hybridized carbons (Fsp3) is 0.769. The predicted molar refractivity (Wildman–Crippen MR) is 73.6 cm³/mol. The average Bonchev–Trinajstić information content (AvgIpc) is 2.62. The van der Waals surface area contributed by atoms with Crippen LogP contribution in [-0.2, 0) is 19.2 Å². The Balaban J connectivity index is 0.00000110. The zero-order valence-electron chi connectivity index (χ0n) is 12.1. The number of hydrogen-bond acceptors (Lipinski definition) is 6. The van der Waals surface area contributed by atoms with E-state index in [1.807, 2.05) is 20.8 Å². The quantitative estimate of drug-likeness (QED) is 0.788. The first-order chi connectivity index (χ1) is 9.29. The molecule has 2 N–H and O–H groups in total. The minimum Gasteiger partial charge on any atom is -0.389 e. The van der Waals surface area contributed by atoms with Crippen LogP contribution in [0.2, 0.25) is 0 Å². The van der Waals surface area contributed by atoms with Crippen molar-refractivity contribution in [3.05, 3.63) is 0 Å². The van der Waals surface area contributed by atoms with Crippen LogP contribution in [0.5, 0.6) is 0 Å². The summed E-state index contributed by atoms with van der Waals surface area (Å²) in [4.78, 5) is 40.2. The lowest BCUT2D eigenvalue weighted by Gasteiger charge is -2.34. The maximum atomic E-state index is 12.3. The lowest BCUT2D eigenvalue weighted by Crippen LogP contribution is -2.58. The van der Waals surface area contributed by atoms with Gasteiger partial charge < -0.3 is 10.4 Å². The van der Waals surface area contributed by atoms with Crippen LogP contribution in [0.15, 0.2) is 0 Å². The highest BCUT2D eigenvalue weighted by atomic mass is 32.2. The maximum absolute atomic E-state index is 12.3. The minimum atomic E-state index is -1.11. The average molecular weight is 303 g/mol. The van der Waals surface area contributed by atoms with E-state index in [1.54, 1.807) is 6.92 Å². The number of amides is 1. The van der Waals surface area contributed by atoms with Crippen molar-refractivity contribution in [3.63, 3.8) is 0 Å². The first-order valence-corrected chi connectivity index (χ1v) is 7.44. The molecule has 0 saturated carbocycles. The molecule has 0 bridgehead atoms. The lowest BCUT2D eigenvalue weighted by molar-refractivity contribution is -0.191. The van der Waals surface area contributed by atoms with Crippen molar-refractivity contribution in [2.75, 3.05) is 5.75 Å². The van der Waals surface area contributed by atoms with Crippen molar-refractivity contribution >= 4 is 28.9 Å². The molecule has 114 valence electrons. The van der Waals surface area contributed by atoms with E-state index in [2.05, 4.69) is 5.32 Å². The maximum Gasteiger partial charge on any atom is 0.373 e. The Labute approximate surface area is 122 Å². The molecule has 0 aromatic rings. The van der Waals surface area contributed by atoms with Crippen molar-refractivity contribution in [1.29, 1.82) is 0 Å². The van der Waals surface area contributed by atoms with Gasteiger partial charge in [0, 0.05) is 5.75 Å². The topological polar surface area (TPSA) is 101 Å². The van der Waals surface area contributed by atoms with Crippen molar-refractivity contribution in [3.8, 4) is 0 Å². The Bertz CT molecular complexity index is 392. The highest BCUT2D eigenvalue weighted by Gasteiger charge is 2.57. The molecule has 0 aromatic heterocycles. The number of aliphatic hydroxyl groups excluding tert-OH is 1. The van der Waals surface area contributed by atoms with Crippen LogP contribution >= 0.6 is 11.8 Å². The molecule has 1 rings (SSSR count). The third kappa shape index (κ3) is 3.69. The Morgan fingerprint density at radius 1 is 1.50 bits per heavy atom. The van der Waals surface area contributed by atoms with Crippen LogP contribution in [0.1, 0.15) is 34.1 Å². The van der Waals surface area contributed by atoms with Gasteiger partial charge in [-0.1, -0.05) is 39.5 Å². The minimum absolute atomic E-state index is 0.122. The molecule has 1 heterocycles. The van der Waals surface area contributed by atoms with Crippen molar-refractivity contribution in [1.82, 2.24) is 5.32 Å². The smallest absolute Gasteiger partial charge is 0.373 e. The normalized spacial score (nSPS) is 28.4. The largest absolute Gasteiger partial charge is 0.389 e. The summed E-state index contributed by atoms with van der Waals surface area (Å²) in [5, 5.41) is 12.8. The molecule has 6 nitrogen and oxygen atoms in total. The molecule has 1 saturated heterocycles. The molecule has 1 amide bonds. The summed E-state index contributed by atoms with van der Waals surface area (Å²) in [6, 6.07) is 0. The van der Waals surface area contributed by atoms with Gasteiger partial charge in [-0.2, -0.15) is 9.59 Å². The summed E-state index contributed by atoms with van der Waals surface area (Å²) >= 11 is 1.20. The third-order valence-electron chi connectivity index (χ3n) is 3.37. The van der Waals surface area contributed by atoms with Gasteiger partial charge in [0.25, 0.3) is 0 Å². The number of carbonyl (C=O) groups is 2. The predicted octanol–water partition coefficient (Wildman–Crippen LogP) is 0.594. The Hall–Kier alpha value is -1.17. The van der Waals surface area contributed by atoms with E-state index in [1.165, 1.54) is 11.8 Å². The van der Waals surface area contributed by atoms with Crippen LogP contribution < -0.4 is 5.32 Å². The highest BCUT2D eigenvalue weighted by Crippen LogP contribution is 2.36. The number of thioether (sulfide) groups is 1. The monoisotopic (exact) mass is 303 g/mol. The van der Waals surface area contributed by atoms with Crippen LogP contribution in [0.4, 0.5) is 0 Å². The van der Waals surface area contributed by atoms with Crippen LogP contribution in [-0.4, -0.2) is 39.7 Å². The number of nitrogens with one attached hydrogen (secondary N) is 1. The van der Waals surface area contributed by atoms with E-state index >= 15 is 0 Å². The molecule has 0 aromatic carbocycles. The summed E-state index contributed by atoms with van der Waals surface area (Å²) in [6.07, 6.45) is 0.205. The van der Waals surface area contributed by atoms with Crippen LogP contribution in [0.3, 0.4) is 0 Å². The summed E-state index contributed by atoms with van der Waals surface area (Å²) in [6.45, 7) is 7.36. The summed E-state index contributed by atoms with van der Waals surface area (Å²) in [5.74, 6) is -0.173. The Kier molecular flexibility index (Phi) is 7.71. The van der Waals surface area contributed by atoms with Crippen molar-refractivity contribution < 1.29 is 24.3 Å².